The van der Waals surface area contributed by atoms with Gasteiger partial charge in [-0.05, 0) is 89.2 Å². The number of hydrogen-bond acceptors (Lipinski definition) is 6. The smallest absolute Gasteiger partial charge is 0.267 e. The summed E-state index contributed by atoms with van der Waals surface area (Å²) in [4.78, 5) is 21.6. The van der Waals surface area contributed by atoms with Crippen LogP contribution in [0.4, 0.5) is 5.69 Å². The Labute approximate surface area is 208 Å². The van der Waals surface area contributed by atoms with Crippen molar-refractivity contribution in [3.8, 4) is 23.2 Å². The third-order valence-electron chi connectivity index (χ3n) is 5.10. The van der Waals surface area contributed by atoms with Gasteiger partial charge in [0.1, 0.15) is 17.3 Å². The molecule has 0 aliphatic carbocycles. The monoisotopic (exact) mass is 491 g/mol. The molecular formula is C26H26ClN5O3. The fourth-order valence-corrected chi connectivity index (χ4v) is 3.53. The summed E-state index contributed by atoms with van der Waals surface area (Å²) in [5, 5.41) is 7.94. The summed E-state index contributed by atoms with van der Waals surface area (Å²) >= 11 is 5.91. The Morgan fingerprint density at radius 1 is 0.943 bits per heavy atom. The van der Waals surface area contributed by atoms with E-state index in [2.05, 4.69) is 20.4 Å². The van der Waals surface area contributed by atoms with Crippen molar-refractivity contribution in [1.82, 2.24) is 19.7 Å². The highest BCUT2D eigenvalue weighted by atomic mass is 35.5. The van der Waals surface area contributed by atoms with E-state index in [1.807, 2.05) is 19.9 Å². The van der Waals surface area contributed by atoms with Crippen molar-refractivity contribution >= 4 is 23.2 Å². The SMILES string of the molecule is Cc1cc(C)n(-c2cc(Oc3ccc(NC(=O)C(C)(C)Oc4ccc(Cl)cc4)cc3)nc(C)n2)n1. The maximum atomic E-state index is 12.8. The van der Waals surface area contributed by atoms with Crippen molar-refractivity contribution in [3.05, 3.63) is 82.9 Å². The Balaban J connectivity index is 1.43. The summed E-state index contributed by atoms with van der Waals surface area (Å²) in [7, 11) is 0. The minimum atomic E-state index is -1.10. The second-order valence-electron chi connectivity index (χ2n) is 8.60. The first-order valence-electron chi connectivity index (χ1n) is 11.0. The fraction of sp³-hybridized carbons (Fsp3) is 0.231. The fourth-order valence-electron chi connectivity index (χ4n) is 3.40. The molecule has 0 aliphatic rings. The molecule has 2 aromatic carbocycles. The van der Waals surface area contributed by atoms with Gasteiger partial charge in [-0.25, -0.2) is 9.67 Å². The number of hydrogen-bond donors (Lipinski definition) is 1. The Morgan fingerprint density at radius 2 is 1.60 bits per heavy atom. The third-order valence-corrected chi connectivity index (χ3v) is 5.35. The van der Waals surface area contributed by atoms with Crippen molar-refractivity contribution in [1.29, 1.82) is 0 Å². The van der Waals surface area contributed by atoms with Crippen LogP contribution >= 0.6 is 11.6 Å². The van der Waals surface area contributed by atoms with Crippen molar-refractivity contribution in [2.45, 2.75) is 40.2 Å². The molecule has 2 heterocycles. The number of amides is 1. The van der Waals surface area contributed by atoms with Crippen LogP contribution in [0, 0.1) is 20.8 Å². The molecule has 0 aliphatic heterocycles. The molecule has 4 aromatic rings. The Morgan fingerprint density at radius 3 is 2.23 bits per heavy atom. The van der Waals surface area contributed by atoms with Gasteiger partial charge in [0.25, 0.3) is 5.91 Å². The zero-order chi connectivity index (χ0) is 25.2. The number of halogens is 1. The van der Waals surface area contributed by atoms with Crippen LogP contribution in [0.2, 0.25) is 5.02 Å². The van der Waals surface area contributed by atoms with Crippen molar-refractivity contribution in [3.63, 3.8) is 0 Å². The third kappa shape index (κ3) is 5.96. The molecule has 4 rings (SSSR count). The molecule has 0 fully saturated rings. The van der Waals surface area contributed by atoms with E-state index in [-0.39, 0.29) is 5.91 Å². The van der Waals surface area contributed by atoms with E-state index in [4.69, 9.17) is 21.1 Å². The van der Waals surface area contributed by atoms with E-state index in [0.29, 0.717) is 39.7 Å². The highest BCUT2D eigenvalue weighted by molar-refractivity contribution is 6.30. The van der Waals surface area contributed by atoms with Gasteiger partial charge >= 0.3 is 0 Å². The number of benzene rings is 2. The topological polar surface area (TPSA) is 91.2 Å². The van der Waals surface area contributed by atoms with E-state index < -0.39 is 5.60 Å². The number of rotatable bonds is 7. The average Bonchev–Trinajstić information content (AvgIpc) is 3.14. The molecule has 1 N–H and O–H groups in total. The number of carbonyl (C=O) groups excluding carboxylic acids is 1. The Kier molecular flexibility index (Phi) is 6.75. The minimum absolute atomic E-state index is 0.290. The molecule has 0 radical (unpaired) electrons. The molecule has 0 unspecified atom stereocenters. The van der Waals surface area contributed by atoms with Gasteiger partial charge in [-0.3, -0.25) is 4.79 Å². The van der Waals surface area contributed by atoms with Gasteiger partial charge in [-0.2, -0.15) is 10.1 Å². The van der Waals surface area contributed by atoms with Gasteiger partial charge in [0.15, 0.2) is 11.4 Å². The lowest BCUT2D eigenvalue weighted by atomic mass is 10.1. The van der Waals surface area contributed by atoms with E-state index in [0.717, 1.165) is 11.4 Å². The maximum absolute atomic E-state index is 12.8. The first kappa shape index (κ1) is 24.2. The summed E-state index contributed by atoms with van der Waals surface area (Å²) in [6.45, 7) is 9.10. The predicted molar refractivity (Wildman–Crippen MR) is 135 cm³/mol. The highest BCUT2D eigenvalue weighted by Gasteiger charge is 2.30. The molecule has 180 valence electrons. The van der Waals surface area contributed by atoms with Crippen molar-refractivity contribution < 1.29 is 14.3 Å². The first-order chi connectivity index (χ1) is 16.6. The molecule has 8 nitrogen and oxygen atoms in total. The lowest BCUT2D eigenvalue weighted by Crippen LogP contribution is -2.42. The van der Waals surface area contributed by atoms with Gasteiger partial charge in [-0.15, -0.1) is 0 Å². The zero-order valence-corrected chi connectivity index (χ0v) is 20.9. The summed E-state index contributed by atoms with van der Waals surface area (Å²) in [5.74, 6) is 2.42. The van der Waals surface area contributed by atoms with Gasteiger partial charge < -0.3 is 14.8 Å². The summed E-state index contributed by atoms with van der Waals surface area (Å²) < 4.78 is 13.5. The van der Waals surface area contributed by atoms with Crippen LogP contribution in [0.15, 0.2) is 60.7 Å². The van der Waals surface area contributed by atoms with Gasteiger partial charge in [0, 0.05) is 22.5 Å². The molecule has 0 spiro atoms. The number of nitrogens with one attached hydrogen (secondary N) is 1. The predicted octanol–water partition coefficient (Wildman–Crippen LogP) is 5.83. The molecule has 9 heteroatoms. The molecular weight excluding hydrogens is 466 g/mol. The quantitative estimate of drug-likeness (QED) is 0.350. The van der Waals surface area contributed by atoms with Crippen molar-refractivity contribution in [2.24, 2.45) is 0 Å². The van der Waals surface area contributed by atoms with Gasteiger partial charge in [0.05, 0.1) is 5.69 Å². The molecule has 0 bridgehead atoms. The number of anilines is 1. The highest BCUT2D eigenvalue weighted by Crippen LogP contribution is 2.25. The molecule has 2 aromatic heterocycles. The number of aromatic nitrogens is 4. The van der Waals surface area contributed by atoms with E-state index >= 15 is 0 Å². The lowest BCUT2D eigenvalue weighted by molar-refractivity contribution is -0.128. The normalized spacial score (nSPS) is 11.3. The van der Waals surface area contributed by atoms with Crippen LogP contribution in [0.3, 0.4) is 0 Å². The van der Waals surface area contributed by atoms with Gasteiger partial charge in [-0.1, -0.05) is 11.6 Å². The maximum Gasteiger partial charge on any atom is 0.267 e. The molecule has 0 atom stereocenters. The largest absolute Gasteiger partial charge is 0.478 e. The van der Waals surface area contributed by atoms with Crippen LogP contribution in [0.5, 0.6) is 17.4 Å². The molecule has 0 saturated carbocycles. The van der Waals surface area contributed by atoms with E-state index in [1.165, 1.54) is 0 Å². The summed E-state index contributed by atoms with van der Waals surface area (Å²) in [5.41, 5.74) is 1.38. The number of ether oxygens (including phenoxy) is 2. The Hall–Kier alpha value is -3.91. The second kappa shape index (κ2) is 9.76. The summed E-state index contributed by atoms with van der Waals surface area (Å²) in [6, 6.07) is 17.6. The number of nitrogens with zero attached hydrogens (tertiary/aromatic N) is 4. The zero-order valence-electron chi connectivity index (χ0n) is 20.2. The second-order valence-corrected chi connectivity index (χ2v) is 9.03. The average molecular weight is 492 g/mol. The van der Waals surface area contributed by atoms with Crippen molar-refractivity contribution in [2.75, 3.05) is 5.32 Å². The number of aryl methyl sites for hydroxylation is 3. The van der Waals surface area contributed by atoms with Crippen LogP contribution < -0.4 is 14.8 Å². The number of carbonyl (C=O) groups is 1. The molecule has 35 heavy (non-hydrogen) atoms. The van der Waals surface area contributed by atoms with Crippen LogP contribution in [0.25, 0.3) is 5.82 Å². The van der Waals surface area contributed by atoms with E-state index in [1.54, 1.807) is 80.1 Å². The molecule has 0 saturated heterocycles. The van der Waals surface area contributed by atoms with Crippen LogP contribution in [-0.4, -0.2) is 31.3 Å². The Bertz CT molecular complexity index is 1350. The first-order valence-corrected chi connectivity index (χ1v) is 11.4. The van der Waals surface area contributed by atoms with Crippen LogP contribution in [0.1, 0.15) is 31.1 Å². The molecule has 1 amide bonds. The standard InChI is InChI=1S/C26H26ClN5O3/c1-16-14-17(2)32(31-16)23-15-24(29-18(3)28-23)34-21-12-8-20(9-13-21)30-25(33)26(4,5)35-22-10-6-19(27)7-11-22/h6-15H,1-5H3,(H,30,33). The lowest BCUT2D eigenvalue weighted by Gasteiger charge is -2.25. The van der Waals surface area contributed by atoms with Crippen LogP contribution in [-0.2, 0) is 4.79 Å². The summed E-state index contributed by atoms with van der Waals surface area (Å²) in [6.07, 6.45) is 0. The minimum Gasteiger partial charge on any atom is -0.478 e. The van der Waals surface area contributed by atoms with E-state index in [9.17, 15) is 4.79 Å². The van der Waals surface area contributed by atoms with Gasteiger partial charge in [0.2, 0.25) is 5.88 Å².